The van der Waals surface area contributed by atoms with Gasteiger partial charge in [-0.3, -0.25) is 4.79 Å². The second-order valence-corrected chi connectivity index (χ2v) is 7.73. The van der Waals surface area contributed by atoms with E-state index in [0.717, 1.165) is 18.4 Å². The molecule has 0 aliphatic heterocycles. The molecule has 0 fully saturated rings. The van der Waals surface area contributed by atoms with Gasteiger partial charge in [0.05, 0.1) is 18.8 Å². The van der Waals surface area contributed by atoms with Crippen molar-refractivity contribution in [3.63, 3.8) is 0 Å². The fourth-order valence-corrected chi connectivity index (χ4v) is 3.30. The molecule has 154 valence electrons. The molecular weight excluding hydrogens is 338 g/mol. The third-order valence-corrected chi connectivity index (χ3v) is 5.22. The van der Waals surface area contributed by atoms with Crippen molar-refractivity contribution in [2.75, 3.05) is 13.2 Å². The van der Waals surface area contributed by atoms with Gasteiger partial charge in [0.2, 0.25) is 5.91 Å². The summed E-state index contributed by atoms with van der Waals surface area (Å²) in [5.41, 5.74) is 1.59. The van der Waals surface area contributed by atoms with Crippen molar-refractivity contribution in [3.8, 4) is 0 Å². The van der Waals surface area contributed by atoms with Gasteiger partial charge in [-0.25, -0.2) is 0 Å². The van der Waals surface area contributed by atoms with Gasteiger partial charge in [0.15, 0.2) is 0 Å². The quantitative estimate of drug-likeness (QED) is 0.402. The molecule has 0 aliphatic rings. The van der Waals surface area contributed by atoms with Gasteiger partial charge in [0.1, 0.15) is 0 Å². The number of hydrogen-bond acceptors (Lipinski definition) is 3. The van der Waals surface area contributed by atoms with E-state index in [0.29, 0.717) is 19.3 Å². The van der Waals surface area contributed by atoms with Gasteiger partial charge in [-0.15, -0.1) is 0 Å². The molecular formula is C23H39NO3. The molecule has 0 unspecified atom stereocenters. The average molecular weight is 378 g/mol. The van der Waals surface area contributed by atoms with E-state index in [9.17, 15) is 15.0 Å². The summed E-state index contributed by atoms with van der Waals surface area (Å²) in [5.74, 6) is -0.116. The SMILES string of the molecule is CCCCCCCCc1ccc(CCC(CO)(CO)NC(=O)CCC)cc1. The highest BCUT2D eigenvalue weighted by molar-refractivity contribution is 5.76. The molecule has 4 nitrogen and oxygen atoms in total. The molecule has 0 bridgehead atoms. The molecule has 0 atom stereocenters. The van der Waals surface area contributed by atoms with Crippen LogP contribution in [-0.4, -0.2) is 34.9 Å². The van der Waals surface area contributed by atoms with Crippen LogP contribution in [0.5, 0.6) is 0 Å². The molecule has 1 rings (SSSR count). The molecule has 1 aromatic carbocycles. The molecule has 0 aliphatic carbocycles. The molecule has 4 heteroatoms. The van der Waals surface area contributed by atoms with E-state index < -0.39 is 5.54 Å². The number of nitrogens with one attached hydrogen (secondary N) is 1. The lowest BCUT2D eigenvalue weighted by Gasteiger charge is -2.31. The minimum Gasteiger partial charge on any atom is -0.394 e. The Balaban J connectivity index is 2.45. The van der Waals surface area contributed by atoms with Crippen molar-refractivity contribution in [1.82, 2.24) is 5.32 Å². The highest BCUT2D eigenvalue weighted by atomic mass is 16.3. The molecule has 1 amide bonds. The first kappa shape index (κ1) is 23.6. The second-order valence-electron chi connectivity index (χ2n) is 7.73. The number of benzene rings is 1. The number of aryl methyl sites for hydroxylation is 2. The van der Waals surface area contributed by atoms with E-state index >= 15 is 0 Å². The molecule has 0 aromatic heterocycles. The molecule has 3 N–H and O–H groups in total. The van der Waals surface area contributed by atoms with Gasteiger partial charge in [0.25, 0.3) is 0 Å². The van der Waals surface area contributed by atoms with Gasteiger partial charge < -0.3 is 15.5 Å². The maximum absolute atomic E-state index is 11.9. The highest BCUT2D eigenvalue weighted by Gasteiger charge is 2.30. The molecule has 0 saturated carbocycles. The van der Waals surface area contributed by atoms with Gasteiger partial charge in [0, 0.05) is 6.42 Å². The average Bonchev–Trinajstić information content (AvgIpc) is 2.69. The number of aliphatic hydroxyl groups excluding tert-OH is 2. The Bertz CT molecular complexity index is 509. The zero-order valence-electron chi connectivity index (χ0n) is 17.3. The van der Waals surface area contributed by atoms with Crippen LogP contribution >= 0.6 is 0 Å². The van der Waals surface area contributed by atoms with Crippen LogP contribution in [0.4, 0.5) is 0 Å². The van der Waals surface area contributed by atoms with Gasteiger partial charge in [-0.2, -0.15) is 0 Å². The molecule has 0 spiro atoms. The lowest BCUT2D eigenvalue weighted by Crippen LogP contribution is -2.54. The summed E-state index contributed by atoms with van der Waals surface area (Å²) in [6.07, 6.45) is 11.4. The van der Waals surface area contributed by atoms with Crippen LogP contribution in [0.15, 0.2) is 24.3 Å². The molecule has 0 heterocycles. The molecule has 27 heavy (non-hydrogen) atoms. The van der Waals surface area contributed by atoms with Crippen LogP contribution in [-0.2, 0) is 17.6 Å². The van der Waals surface area contributed by atoms with Crippen molar-refractivity contribution >= 4 is 5.91 Å². The van der Waals surface area contributed by atoms with Crippen LogP contribution in [0.1, 0.15) is 82.8 Å². The zero-order valence-corrected chi connectivity index (χ0v) is 17.3. The van der Waals surface area contributed by atoms with E-state index in [4.69, 9.17) is 0 Å². The van der Waals surface area contributed by atoms with Crippen LogP contribution in [0, 0.1) is 0 Å². The molecule has 0 radical (unpaired) electrons. The van der Waals surface area contributed by atoms with Crippen LogP contribution in [0.3, 0.4) is 0 Å². The number of carbonyl (C=O) groups is 1. The number of amides is 1. The standard InChI is InChI=1S/C23H39NO3/c1-3-5-6-7-8-9-11-20-12-14-21(15-13-20)16-17-23(18-25,19-26)24-22(27)10-4-2/h12-15,25-26H,3-11,16-19H2,1-2H3,(H,24,27). The van der Waals surface area contributed by atoms with Crippen molar-refractivity contribution in [3.05, 3.63) is 35.4 Å². The van der Waals surface area contributed by atoms with E-state index in [1.807, 2.05) is 6.92 Å². The van der Waals surface area contributed by atoms with Gasteiger partial charge in [-0.1, -0.05) is 70.2 Å². The normalized spacial score (nSPS) is 11.6. The second kappa shape index (κ2) is 13.7. The fourth-order valence-electron chi connectivity index (χ4n) is 3.30. The van der Waals surface area contributed by atoms with Crippen molar-refractivity contribution in [1.29, 1.82) is 0 Å². The fraction of sp³-hybridized carbons (Fsp3) is 0.696. The third kappa shape index (κ3) is 9.39. The Morgan fingerprint density at radius 3 is 1.96 bits per heavy atom. The van der Waals surface area contributed by atoms with Crippen molar-refractivity contribution < 1.29 is 15.0 Å². The van der Waals surface area contributed by atoms with Crippen molar-refractivity contribution in [2.45, 2.75) is 90.0 Å². The van der Waals surface area contributed by atoms with Gasteiger partial charge >= 0.3 is 0 Å². The summed E-state index contributed by atoms with van der Waals surface area (Å²) in [6, 6.07) is 8.60. The van der Waals surface area contributed by atoms with Crippen molar-refractivity contribution in [2.24, 2.45) is 0 Å². The summed E-state index contributed by atoms with van der Waals surface area (Å²) >= 11 is 0. The topological polar surface area (TPSA) is 69.6 Å². The van der Waals surface area contributed by atoms with Crippen LogP contribution in [0.25, 0.3) is 0 Å². The lowest BCUT2D eigenvalue weighted by atomic mass is 9.92. The Hall–Kier alpha value is -1.39. The van der Waals surface area contributed by atoms with Crippen LogP contribution < -0.4 is 5.32 Å². The Labute approximate surface area is 165 Å². The Morgan fingerprint density at radius 2 is 1.41 bits per heavy atom. The summed E-state index contributed by atoms with van der Waals surface area (Å²) in [7, 11) is 0. The molecule has 1 aromatic rings. The number of hydrogen-bond donors (Lipinski definition) is 3. The zero-order chi connectivity index (χ0) is 20.0. The number of carbonyl (C=O) groups excluding carboxylic acids is 1. The minimum atomic E-state index is -0.941. The van der Waals surface area contributed by atoms with E-state index in [-0.39, 0.29) is 19.1 Å². The Kier molecular flexibility index (Phi) is 12.0. The first-order valence-corrected chi connectivity index (χ1v) is 10.7. The maximum Gasteiger partial charge on any atom is 0.220 e. The van der Waals surface area contributed by atoms with E-state index in [2.05, 4.69) is 36.5 Å². The maximum atomic E-state index is 11.9. The number of aliphatic hydroxyl groups is 2. The predicted molar refractivity (Wildman–Crippen MR) is 112 cm³/mol. The predicted octanol–water partition coefficient (Wildman–Crippen LogP) is 4.16. The summed E-state index contributed by atoms with van der Waals surface area (Å²) in [4.78, 5) is 11.9. The minimum absolute atomic E-state index is 0.116. The monoisotopic (exact) mass is 377 g/mol. The van der Waals surface area contributed by atoms with Crippen LogP contribution in [0.2, 0.25) is 0 Å². The summed E-state index contributed by atoms with van der Waals surface area (Å²) in [6.45, 7) is 3.67. The van der Waals surface area contributed by atoms with E-state index in [1.54, 1.807) is 0 Å². The smallest absolute Gasteiger partial charge is 0.220 e. The van der Waals surface area contributed by atoms with E-state index in [1.165, 1.54) is 44.1 Å². The first-order valence-electron chi connectivity index (χ1n) is 10.7. The lowest BCUT2D eigenvalue weighted by molar-refractivity contribution is -0.124. The highest BCUT2D eigenvalue weighted by Crippen LogP contribution is 2.17. The number of unbranched alkanes of at least 4 members (excludes halogenated alkanes) is 5. The third-order valence-electron chi connectivity index (χ3n) is 5.22. The van der Waals surface area contributed by atoms with Gasteiger partial charge in [-0.05, 0) is 43.2 Å². The largest absolute Gasteiger partial charge is 0.394 e. The summed E-state index contributed by atoms with van der Waals surface area (Å²) < 4.78 is 0. The first-order chi connectivity index (χ1) is 13.1. The molecule has 0 saturated heterocycles. The Morgan fingerprint density at radius 1 is 0.852 bits per heavy atom. The number of rotatable bonds is 15. The summed E-state index contributed by atoms with van der Waals surface area (Å²) in [5, 5.41) is 22.3.